The lowest BCUT2D eigenvalue weighted by molar-refractivity contribution is 0.869. The maximum absolute atomic E-state index is 6.02. The highest BCUT2D eigenvalue weighted by Crippen LogP contribution is 2.28. The summed E-state index contributed by atoms with van der Waals surface area (Å²) in [4.78, 5) is 9.14. The fourth-order valence-electron chi connectivity index (χ4n) is 1.82. The number of nitrogens with one attached hydrogen (secondary N) is 1. The SMILES string of the molecule is CCCc1nc(-c2cccc(Cl)c2)nc(NC)c1Br. The number of nitrogens with zero attached hydrogens (tertiary/aromatic N) is 2. The molecule has 100 valence electrons. The van der Waals surface area contributed by atoms with Crippen LogP contribution in [0.2, 0.25) is 5.02 Å². The summed E-state index contributed by atoms with van der Waals surface area (Å²) in [7, 11) is 1.85. The Morgan fingerprint density at radius 2 is 2.11 bits per heavy atom. The molecule has 0 saturated heterocycles. The summed E-state index contributed by atoms with van der Waals surface area (Å²) in [5.41, 5.74) is 1.94. The van der Waals surface area contributed by atoms with Crippen LogP contribution in [0, 0.1) is 0 Å². The van der Waals surface area contributed by atoms with Crippen LogP contribution in [-0.2, 0) is 6.42 Å². The number of hydrogen-bond acceptors (Lipinski definition) is 3. The lowest BCUT2D eigenvalue weighted by atomic mass is 10.2. The van der Waals surface area contributed by atoms with Gasteiger partial charge >= 0.3 is 0 Å². The third-order valence-electron chi connectivity index (χ3n) is 2.73. The number of aryl methyl sites for hydroxylation is 1. The van der Waals surface area contributed by atoms with Crippen LogP contribution in [0.5, 0.6) is 0 Å². The van der Waals surface area contributed by atoms with E-state index in [0.29, 0.717) is 10.8 Å². The van der Waals surface area contributed by atoms with Gasteiger partial charge in [-0.25, -0.2) is 9.97 Å². The Kier molecular flexibility index (Phi) is 4.77. The van der Waals surface area contributed by atoms with E-state index in [1.165, 1.54) is 0 Å². The number of aromatic nitrogens is 2. The number of hydrogen-bond donors (Lipinski definition) is 1. The summed E-state index contributed by atoms with van der Waals surface area (Å²) < 4.78 is 0.933. The Hall–Kier alpha value is -1.13. The Balaban J connectivity index is 2.54. The topological polar surface area (TPSA) is 37.8 Å². The average molecular weight is 341 g/mol. The van der Waals surface area contributed by atoms with Crippen molar-refractivity contribution in [3.8, 4) is 11.4 Å². The van der Waals surface area contributed by atoms with Gasteiger partial charge in [0.15, 0.2) is 5.82 Å². The van der Waals surface area contributed by atoms with E-state index >= 15 is 0 Å². The molecule has 1 aromatic carbocycles. The van der Waals surface area contributed by atoms with Gasteiger partial charge in [0, 0.05) is 17.6 Å². The molecule has 2 aromatic rings. The monoisotopic (exact) mass is 339 g/mol. The van der Waals surface area contributed by atoms with E-state index in [-0.39, 0.29) is 0 Å². The highest BCUT2D eigenvalue weighted by atomic mass is 79.9. The first-order valence-corrected chi connectivity index (χ1v) is 7.33. The first-order chi connectivity index (χ1) is 9.15. The smallest absolute Gasteiger partial charge is 0.161 e. The first kappa shape index (κ1) is 14.3. The van der Waals surface area contributed by atoms with Crippen molar-refractivity contribution in [3.05, 3.63) is 39.5 Å². The Labute approximate surface area is 126 Å². The second kappa shape index (κ2) is 6.35. The molecule has 1 N–H and O–H groups in total. The first-order valence-electron chi connectivity index (χ1n) is 6.15. The van der Waals surface area contributed by atoms with Crippen LogP contribution >= 0.6 is 27.5 Å². The van der Waals surface area contributed by atoms with Crippen LogP contribution in [0.1, 0.15) is 19.0 Å². The molecule has 3 nitrogen and oxygen atoms in total. The summed E-state index contributed by atoms with van der Waals surface area (Å²) in [5, 5.41) is 3.77. The lowest BCUT2D eigenvalue weighted by Crippen LogP contribution is -2.03. The molecule has 0 fully saturated rings. The third-order valence-corrected chi connectivity index (χ3v) is 3.79. The largest absolute Gasteiger partial charge is 0.372 e. The highest BCUT2D eigenvalue weighted by Gasteiger charge is 2.12. The Morgan fingerprint density at radius 3 is 2.74 bits per heavy atom. The molecule has 1 heterocycles. The van der Waals surface area contributed by atoms with Gasteiger partial charge in [0.25, 0.3) is 0 Å². The second-order valence-corrected chi connectivity index (χ2v) is 5.40. The quantitative estimate of drug-likeness (QED) is 0.887. The Bertz CT molecular complexity index is 587. The van der Waals surface area contributed by atoms with Crippen LogP contribution in [0.25, 0.3) is 11.4 Å². The summed E-state index contributed by atoms with van der Waals surface area (Å²) in [6.07, 6.45) is 1.94. The van der Waals surface area contributed by atoms with E-state index in [0.717, 1.165) is 34.4 Å². The molecule has 5 heteroatoms. The van der Waals surface area contributed by atoms with E-state index in [9.17, 15) is 0 Å². The molecule has 0 unspecified atom stereocenters. The van der Waals surface area contributed by atoms with Gasteiger partial charge in [-0.2, -0.15) is 0 Å². The number of anilines is 1. The van der Waals surface area contributed by atoms with Crippen molar-refractivity contribution >= 4 is 33.3 Å². The van der Waals surface area contributed by atoms with Gasteiger partial charge in [-0.15, -0.1) is 0 Å². The fourth-order valence-corrected chi connectivity index (χ4v) is 2.58. The van der Waals surface area contributed by atoms with Crippen molar-refractivity contribution < 1.29 is 0 Å². The third kappa shape index (κ3) is 3.25. The normalized spacial score (nSPS) is 10.5. The molecular formula is C14H15BrClN3. The molecule has 0 amide bonds. The predicted molar refractivity (Wildman–Crippen MR) is 83.7 cm³/mol. The molecule has 19 heavy (non-hydrogen) atoms. The molecule has 0 aliphatic heterocycles. The van der Waals surface area contributed by atoms with Crippen LogP contribution < -0.4 is 5.32 Å². The van der Waals surface area contributed by atoms with Crippen molar-refractivity contribution in [2.75, 3.05) is 12.4 Å². The van der Waals surface area contributed by atoms with Crippen LogP contribution in [0.3, 0.4) is 0 Å². The van der Waals surface area contributed by atoms with Crippen molar-refractivity contribution in [1.29, 1.82) is 0 Å². The summed E-state index contributed by atoms with van der Waals surface area (Å²) in [6.45, 7) is 2.13. The van der Waals surface area contributed by atoms with Crippen molar-refractivity contribution in [2.45, 2.75) is 19.8 Å². The zero-order chi connectivity index (χ0) is 13.8. The van der Waals surface area contributed by atoms with E-state index in [4.69, 9.17) is 11.6 Å². The van der Waals surface area contributed by atoms with E-state index in [2.05, 4.69) is 38.1 Å². The van der Waals surface area contributed by atoms with E-state index in [1.807, 2.05) is 31.3 Å². The molecular weight excluding hydrogens is 326 g/mol. The number of benzene rings is 1. The maximum Gasteiger partial charge on any atom is 0.161 e. The van der Waals surface area contributed by atoms with Gasteiger partial charge in [-0.05, 0) is 34.5 Å². The molecule has 0 bridgehead atoms. The van der Waals surface area contributed by atoms with Gasteiger partial charge in [0.1, 0.15) is 5.82 Å². The Morgan fingerprint density at radius 1 is 1.32 bits per heavy atom. The lowest BCUT2D eigenvalue weighted by Gasteiger charge is -2.10. The van der Waals surface area contributed by atoms with Crippen LogP contribution in [0.4, 0.5) is 5.82 Å². The minimum atomic E-state index is 0.687. The summed E-state index contributed by atoms with van der Waals surface area (Å²) in [6, 6.07) is 7.59. The van der Waals surface area contributed by atoms with Gasteiger partial charge in [-0.1, -0.05) is 37.1 Å². The minimum Gasteiger partial charge on any atom is -0.372 e. The van der Waals surface area contributed by atoms with Gasteiger partial charge in [0.2, 0.25) is 0 Å². The standard InChI is InChI=1S/C14H15BrClN3/c1-3-5-11-12(15)14(17-2)19-13(18-11)9-6-4-7-10(16)8-9/h4,6-8H,3,5H2,1-2H3,(H,17,18,19). The summed E-state index contributed by atoms with van der Waals surface area (Å²) >= 11 is 9.57. The zero-order valence-electron chi connectivity index (χ0n) is 10.9. The molecule has 0 saturated carbocycles. The van der Waals surface area contributed by atoms with E-state index in [1.54, 1.807) is 0 Å². The number of halogens is 2. The van der Waals surface area contributed by atoms with Gasteiger partial charge in [-0.3, -0.25) is 0 Å². The molecule has 0 aliphatic carbocycles. The van der Waals surface area contributed by atoms with Crippen molar-refractivity contribution in [2.24, 2.45) is 0 Å². The minimum absolute atomic E-state index is 0.687. The van der Waals surface area contributed by atoms with Crippen molar-refractivity contribution in [1.82, 2.24) is 9.97 Å². The number of rotatable bonds is 4. The fraction of sp³-hybridized carbons (Fsp3) is 0.286. The molecule has 0 aliphatic rings. The average Bonchev–Trinajstić information content (AvgIpc) is 2.41. The van der Waals surface area contributed by atoms with Gasteiger partial charge < -0.3 is 5.32 Å². The molecule has 0 spiro atoms. The zero-order valence-corrected chi connectivity index (χ0v) is 13.2. The summed E-state index contributed by atoms with van der Waals surface area (Å²) in [5.74, 6) is 1.49. The van der Waals surface area contributed by atoms with E-state index < -0.39 is 0 Å². The maximum atomic E-state index is 6.02. The van der Waals surface area contributed by atoms with Crippen LogP contribution in [0.15, 0.2) is 28.7 Å². The molecule has 2 rings (SSSR count). The highest BCUT2D eigenvalue weighted by molar-refractivity contribution is 9.10. The second-order valence-electron chi connectivity index (χ2n) is 4.17. The van der Waals surface area contributed by atoms with Crippen molar-refractivity contribution in [3.63, 3.8) is 0 Å². The molecule has 1 aromatic heterocycles. The molecule has 0 radical (unpaired) electrons. The van der Waals surface area contributed by atoms with Crippen LogP contribution in [-0.4, -0.2) is 17.0 Å². The predicted octanol–water partition coefficient (Wildman–Crippen LogP) is 4.55. The molecule has 0 atom stereocenters. The van der Waals surface area contributed by atoms with Gasteiger partial charge in [0.05, 0.1) is 10.2 Å².